The third-order valence-corrected chi connectivity index (χ3v) is 2.48. The molecule has 0 aromatic heterocycles. The Hall–Kier alpha value is -1.13. The highest BCUT2D eigenvalue weighted by atomic mass is 35.5. The molecule has 0 saturated carbocycles. The first-order chi connectivity index (χ1) is 7.20. The standard InChI is InChI=1S/C10H9ClFNO2/c11-8-3-6(1-2-9(8)12)10-4-7(5-14)15-13-10/h1-3,7,14H,4-5H2. The zero-order valence-electron chi connectivity index (χ0n) is 7.78. The quantitative estimate of drug-likeness (QED) is 0.843. The fourth-order valence-corrected chi connectivity index (χ4v) is 1.55. The Morgan fingerprint density at radius 1 is 1.60 bits per heavy atom. The van der Waals surface area contributed by atoms with Gasteiger partial charge in [-0.25, -0.2) is 4.39 Å². The summed E-state index contributed by atoms with van der Waals surface area (Å²) in [5, 5.41) is 12.7. The molecule has 1 aromatic carbocycles. The minimum absolute atomic E-state index is 0.0580. The first kappa shape index (κ1) is 10.4. The molecule has 1 N–H and O–H groups in total. The number of rotatable bonds is 2. The van der Waals surface area contributed by atoms with Gasteiger partial charge in [0.1, 0.15) is 5.82 Å². The molecule has 0 aliphatic carbocycles. The highest BCUT2D eigenvalue weighted by molar-refractivity contribution is 6.31. The van der Waals surface area contributed by atoms with Crippen molar-refractivity contribution in [1.29, 1.82) is 0 Å². The van der Waals surface area contributed by atoms with Crippen LogP contribution >= 0.6 is 11.6 Å². The molecular formula is C10H9ClFNO2. The van der Waals surface area contributed by atoms with E-state index >= 15 is 0 Å². The van der Waals surface area contributed by atoms with Crippen molar-refractivity contribution in [3.05, 3.63) is 34.6 Å². The van der Waals surface area contributed by atoms with Crippen LogP contribution in [0.15, 0.2) is 23.4 Å². The fraction of sp³-hybridized carbons (Fsp3) is 0.300. The van der Waals surface area contributed by atoms with Crippen LogP contribution in [0.4, 0.5) is 4.39 Å². The predicted octanol–water partition coefficient (Wildman–Crippen LogP) is 1.96. The second-order valence-corrected chi connectivity index (χ2v) is 3.69. The third-order valence-electron chi connectivity index (χ3n) is 2.19. The zero-order chi connectivity index (χ0) is 10.8. The second kappa shape index (κ2) is 4.16. The van der Waals surface area contributed by atoms with Crippen molar-refractivity contribution < 1.29 is 14.3 Å². The van der Waals surface area contributed by atoms with E-state index in [0.717, 1.165) is 5.56 Å². The van der Waals surface area contributed by atoms with Crippen LogP contribution in [-0.2, 0) is 4.84 Å². The molecule has 15 heavy (non-hydrogen) atoms. The topological polar surface area (TPSA) is 41.8 Å². The monoisotopic (exact) mass is 229 g/mol. The van der Waals surface area contributed by atoms with Crippen LogP contribution in [0, 0.1) is 5.82 Å². The fourth-order valence-electron chi connectivity index (χ4n) is 1.37. The number of benzene rings is 1. The molecule has 1 aliphatic rings. The normalized spacial score (nSPS) is 19.9. The molecule has 0 bridgehead atoms. The molecule has 1 unspecified atom stereocenters. The van der Waals surface area contributed by atoms with Crippen LogP contribution < -0.4 is 0 Å². The summed E-state index contributed by atoms with van der Waals surface area (Å²) >= 11 is 5.64. The first-order valence-corrected chi connectivity index (χ1v) is 4.87. The summed E-state index contributed by atoms with van der Waals surface area (Å²) in [6.45, 7) is -0.0814. The van der Waals surface area contributed by atoms with Gasteiger partial charge in [-0.05, 0) is 12.1 Å². The number of aliphatic hydroxyl groups excluding tert-OH is 1. The van der Waals surface area contributed by atoms with E-state index < -0.39 is 5.82 Å². The number of nitrogens with zero attached hydrogens (tertiary/aromatic N) is 1. The molecule has 1 heterocycles. The molecule has 5 heteroatoms. The van der Waals surface area contributed by atoms with Gasteiger partial charge in [0, 0.05) is 12.0 Å². The number of oxime groups is 1. The summed E-state index contributed by atoms with van der Waals surface area (Å²) in [5.41, 5.74) is 1.40. The van der Waals surface area contributed by atoms with Gasteiger partial charge in [0.25, 0.3) is 0 Å². The molecule has 0 fully saturated rings. The molecule has 1 aromatic rings. The molecule has 2 rings (SSSR count). The molecule has 80 valence electrons. The van der Waals surface area contributed by atoms with Crippen molar-refractivity contribution in [2.75, 3.05) is 6.61 Å². The van der Waals surface area contributed by atoms with Crippen molar-refractivity contribution in [1.82, 2.24) is 0 Å². The Balaban J connectivity index is 2.21. The molecule has 3 nitrogen and oxygen atoms in total. The number of halogens is 2. The molecule has 0 radical (unpaired) electrons. The lowest BCUT2D eigenvalue weighted by Crippen LogP contribution is -2.12. The summed E-state index contributed by atoms with van der Waals surface area (Å²) in [7, 11) is 0. The van der Waals surface area contributed by atoms with Gasteiger partial charge in [-0.3, -0.25) is 0 Å². The van der Waals surface area contributed by atoms with Gasteiger partial charge < -0.3 is 9.94 Å². The van der Waals surface area contributed by atoms with E-state index in [4.69, 9.17) is 21.5 Å². The van der Waals surface area contributed by atoms with E-state index in [1.165, 1.54) is 12.1 Å². The second-order valence-electron chi connectivity index (χ2n) is 3.28. The summed E-state index contributed by atoms with van der Waals surface area (Å²) in [4.78, 5) is 4.94. The van der Waals surface area contributed by atoms with Crippen molar-refractivity contribution in [3.8, 4) is 0 Å². The van der Waals surface area contributed by atoms with E-state index in [9.17, 15) is 4.39 Å². The molecule has 0 saturated heterocycles. The van der Waals surface area contributed by atoms with Gasteiger partial charge in [-0.1, -0.05) is 22.8 Å². The van der Waals surface area contributed by atoms with Crippen molar-refractivity contribution in [3.63, 3.8) is 0 Å². The average molecular weight is 230 g/mol. The Morgan fingerprint density at radius 3 is 3.00 bits per heavy atom. The largest absolute Gasteiger partial charge is 0.392 e. The average Bonchev–Trinajstić information content (AvgIpc) is 2.70. The Bertz CT molecular complexity index is 408. The molecule has 1 aliphatic heterocycles. The Kier molecular flexibility index (Phi) is 2.88. The molecule has 0 amide bonds. The van der Waals surface area contributed by atoms with E-state index in [-0.39, 0.29) is 17.7 Å². The van der Waals surface area contributed by atoms with E-state index in [0.29, 0.717) is 12.1 Å². The van der Waals surface area contributed by atoms with E-state index in [1.54, 1.807) is 6.07 Å². The van der Waals surface area contributed by atoms with Gasteiger partial charge in [0.2, 0.25) is 0 Å². The van der Waals surface area contributed by atoms with Gasteiger partial charge >= 0.3 is 0 Å². The third kappa shape index (κ3) is 2.11. The highest BCUT2D eigenvalue weighted by Crippen LogP contribution is 2.21. The predicted molar refractivity (Wildman–Crippen MR) is 54.5 cm³/mol. The molecular weight excluding hydrogens is 221 g/mol. The zero-order valence-corrected chi connectivity index (χ0v) is 8.54. The van der Waals surface area contributed by atoms with Crippen LogP contribution in [0.5, 0.6) is 0 Å². The maximum atomic E-state index is 12.9. The molecule has 0 spiro atoms. The van der Waals surface area contributed by atoms with Crippen LogP contribution in [0.3, 0.4) is 0 Å². The lowest BCUT2D eigenvalue weighted by atomic mass is 10.1. The highest BCUT2D eigenvalue weighted by Gasteiger charge is 2.21. The van der Waals surface area contributed by atoms with Crippen LogP contribution in [-0.4, -0.2) is 23.5 Å². The smallest absolute Gasteiger partial charge is 0.156 e. The SMILES string of the molecule is OCC1CC(c2ccc(F)c(Cl)c2)=NO1. The minimum Gasteiger partial charge on any atom is -0.392 e. The van der Waals surface area contributed by atoms with Gasteiger partial charge in [-0.2, -0.15) is 0 Å². The maximum Gasteiger partial charge on any atom is 0.156 e. The van der Waals surface area contributed by atoms with Crippen molar-refractivity contribution in [2.24, 2.45) is 5.16 Å². The number of hydrogen-bond acceptors (Lipinski definition) is 3. The summed E-state index contributed by atoms with van der Waals surface area (Å²) in [5.74, 6) is -0.460. The van der Waals surface area contributed by atoms with Crippen molar-refractivity contribution >= 4 is 17.3 Å². The summed E-state index contributed by atoms with van der Waals surface area (Å²) < 4.78 is 12.9. The lowest BCUT2D eigenvalue weighted by Gasteiger charge is -2.02. The van der Waals surface area contributed by atoms with E-state index in [2.05, 4.69) is 5.16 Å². The summed E-state index contributed by atoms with van der Waals surface area (Å²) in [6, 6.07) is 4.37. The lowest BCUT2D eigenvalue weighted by molar-refractivity contribution is 0.0390. The number of hydrogen-bond donors (Lipinski definition) is 1. The Labute approximate surface area is 91.1 Å². The van der Waals surface area contributed by atoms with Gasteiger partial charge in [0.15, 0.2) is 6.10 Å². The molecule has 1 atom stereocenters. The number of aliphatic hydroxyl groups is 1. The Morgan fingerprint density at radius 2 is 2.40 bits per heavy atom. The van der Waals surface area contributed by atoms with Crippen LogP contribution in [0.1, 0.15) is 12.0 Å². The van der Waals surface area contributed by atoms with Crippen LogP contribution in [0.2, 0.25) is 5.02 Å². The van der Waals surface area contributed by atoms with Gasteiger partial charge in [-0.15, -0.1) is 0 Å². The van der Waals surface area contributed by atoms with Gasteiger partial charge in [0.05, 0.1) is 17.3 Å². The first-order valence-electron chi connectivity index (χ1n) is 4.49. The van der Waals surface area contributed by atoms with Crippen molar-refractivity contribution in [2.45, 2.75) is 12.5 Å². The maximum absolute atomic E-state index is 12.9. The minimum atomic E-state index is -0.460. The van der Waals surface area contributed by atoms with E-state index in [1.807, 2.05) is 0 Å². The summed E-state index contributed by atoms with van der Waals surface area (Å²) in [6.07, 6.45) is 0.210. The van der Waals surface area contributed by atoms with Crippen LogP contribution in [0.25, 0.3) is 0 Å².